The lowest BCUT2D eigenvalue weighted by atomic mass is 10.0. The molecule has 0 atom stereocenters. The van der Waals surface area contributed by atoms with Gasteiger partial charge in [-0.25, -0.2) is 4.90 Å². The zero-order chi connectivity index (χ0) is 21.4. The zero-order valence-corrected chi connectivity index (χ0v) is 18.4. The third-order valence-electron chi connectivity index (χ3n) is 6.02. The second-order valence-corrected chi connectivity index (χ2v) is 8.56. The second-order valence-electron chi connectivity index (χ2n) is 8.18. The maximum absolute atomic E-state index is 13.1. The normalized spacial score (nSPS) is 18.6. The van der Waals surface area contributed by atoms with Crippen molar-refractivity contribution in [2.45, 2.75) is 20.4 Å². The van der Waals surface area contributed by atoms with Gasteiger partial charge < -0.3 is 4.90 Å². The number of amides is 2. The average Bonchev–Trinajstić information content (AvgIpc) is 2.95. The van der Waals surface area contributed by atoms with Crippen LogP contribution < -0.4 is 4.90 Å². The van der Waals surface area contributed by atoms with Crippen LogP contribution in [0.25, 0.3) is 5.57 Å². The smallest absolute Gasteiger partial charge is 0.277 e. The molecular formula is C24H26ClN3O2. The van der Waals surface area contributed by atoms with E-state index in [-0.39, 0.29) is 16.5 Å². The molecule has 6 heteroatoms. The van der Waals surface area contributed by atoms with E-state index in [0.29, 0.717) is 11.3 Å². The molecule has 156 valence electrons. The van der Waals surface area contributed by atoms with Crippen LogP contribution in [0.2, 0.25) is 0 Å². The Morgan fingerprint density at radius 2 is 1.53 bits per heavy atom. The summed E-state index contributed by atoms with van der Waals surface area (Å²) in [5.74, 6) is -0.846. The van der Waals surface area contributed by atoms with Gasteiger partial charge in [0, 0.05) is 32.7 Å². The molecule has 2 aliphatic heterocycles. The molecule has 2 aliphatic rings. The fraction of sp³-hybridized carbons (Fsp3) is 0.333. The maximum atomic E-state index is 13.1. The largest absolute Gasteiger partial charge is 0.304 e. The van der Waals surface area contributed by atoms with Gasteiger partial charge in [0.1, 0.15) is 5.03 Å². The molecule has 2 heterocycles. The predicted octanol–water partition coefficient (Wildman–Crippen LogP) is 3.57. The van der Waals surface area contributed by atoms with Crippen LogP contribution >= 0.6 is 11.6 Å². The summed E-state index contributed by atoms with van der Waals surface area (Å²) in [6, 6.07) is 13.3. The van der Waals surface area contributed by atoms with Gasteiger partial charge in [0.25, 0.3) is 11.8 Å². The van der Waals surface area contributed by atoms with Gasteiger partial charge in [0.05, 0.1) is 11.3 Å². The second kappa shape index (κ2) is 8.34. The van der Waals surface area contributed by atoms with E-state index in [2.05, 4.69) is 16.8 Å². The lowest BCUT2D eigenvalue weighted by molar-refractivity contribution is -0.119. The molecule has 4 rings (SSSR count). The molecule has 2 amide bonds. The van der Waals surface area contributed by atoms with Gasteiger partial charge in [-0.1, -0.05) is 41.9 Å². The van der Waals surface area contributed by atoms with Gasteiger partial charge in [-0.05, 0) is 55.3 Å². The predicted molar refractivity (Wildman–Crippen MR) is 120 cm³/mol. The number of aryl methyl sites for hydroxylation is 2. The zero-order valence-electron chi connectivity index (χ0n) is 17.6. The van der Waals surface area contributed by atoms with Crippen molar-refractivity contribution in [3.05, 3.63) is 69.8 Å². The van der Waals surface area contributed by atoms with Crippen LogP contribution in [0.3, 0.4) is 0 Å². The van der Waals surface area contributed by atoms with Crippen molar-refractivity contribution in [2.24, 2.45) is 0 Å². The highest BCUT2D eigenvalue weighted by atomic mass is 35.5. The van der Waals surface area contributed by atoms with Crippen LogP contribution in [-0.2, 0) is 16.1 Å². The number of halogens is 1. The average molecular weight is 424 g/mol. The van der Waals surface area contributed by atoms with E-state index in [0.717, 1.165) is 49.4 Å². The van der Waals surface area contributed by atoms with Gasteiger partial charge in [0.2, 0.25) is 0 Å². The number of benzene rings is 2. The molecule has 0 radical (unpaired) electrons. The van der Waals surface area contributed by atoms with Gasteiger partial charge in [0.15, 0.2) is 0 Å². The third-order valence-corrected chi connectivity index (χ3v) is 6.37. The third kappa shape index (κ3) is 3.93. The number of hydrogen-bond donors (Lipinski definition) is 0. The first kappa shape index (κ1) is 20.8. The Kier molecular flexibility index (Phi) is 5.78. The number of piperazine rings is 1. The SMILES string of the molecule is Cc1ccc(C2=C(Cl)C(=O)N(c3ccc(CN4CCN(C)CC4)cc3)C2=O)cc1C. The van der Waals surface area contributed by atoms with E-state index < -0.39 is 5.91 Å². The molecule has 0 unspecified atom stereocenters. The molecule has 1 fully saturated rings. The van der Waals surface area contributed by atoms with Crippen molar-refractivity contribution in [1.29, 1.82) is 0 Å². The summed E-state index contributed by atoms with van der Waals surface area (Å²) >= 11 is 6.32. The summed E-state index contributed by atoms with van der Waals surface area (Å²) in [5, 5.41) is -0.0234. The molecule has 1 saturated heterocycles. The minimum atomic E-state index is -0.471. The molecular weight excluding hydrogens is 398 g/mol. The Labute approximate surface area is 182 Å². The fourth-order valence-corrected chi connectivity index (χ4v) is 4.17. The number of likely N-dealkylation sites (N-methyl/N-ethyl adjacent to an activating group) is 1. The number of nitrogens with zero attached hydrogens (tertiary/aromatic N) is 3. The molecule has 30 heavy (non-hydrogen) atoms. The van der Waals surface area contributed by atoms with E-state index in [1.807, 2.05) is 56.3 Å². The highest BCUT2D eigenvalue weighted by molar-refractivity contribution is 6.60. The molecule has 5 nitrogen and oxygen atoms in total. The first-order chi connectivity index (χ1) is 14.3. The highest BCUT2D eigenvalue weighted by Crippen LogP contribution is 2.35. The Bertz CT molecular complexity index is 1020. The van der Waals surface area contributed by atoms with Crippen molar-refractivity contribution in [3.63, 3.8) is 0 Å². The quantitative estimate of drug-likeness (QED) is 0.705. The van der Waals surface area contributed by atoms with E-state index in [1.165, 1.54) is 4.90 Å². The van der Waals surface area contributed by atoms with E-state index in [9.17, 15) is 9.59 Å². The molecule has 0 aromatic heterocycles. The van der Waals surface area contributed by atoms with Crippen LogP contribution in [0, 0.1) is 13.8 Å². The Morgan fingerprint density at radius 3 is 2.17 bits per heavy atom. The van der Waals surface area contributed by atoms with Crippen LogP contribution in [0.4, 0.5) is 5.69 Å². The van der Waals surface area contributed by atoms with Gasteiger partial charge in [-0.2, -0.15) is 0 Å². The summed E-state index contributed by atoms with van der Waals surface area (Å²) in [6.07, 6.45) is 0. The molecule has 0 spiro atoms. The molecule has 2 aromatic carbocycles. The highest BCUT2D eigenvalue weighted by Gasteiger charge is 2.39. The summed E-state index contributed by atoms with van der Waals surface area (Å²) < 4.78 is 0. The first-order valence-corrected chi connectivity index (χ1v) is 10.6. The van der Waals surface area contributed by atoms with Crippen LogP contribution in [-0.4, -0.2) is 54.8 Å². The van der Waals surface area contributed by atoms with Gasteiger partial charge in [-0.3, -0.25) is 14.5 Å². The number of imide groups is 1. The van der Waals surface area contributed by atoms with Gasteiger partial charge >= 0.3 is 0 Å². The van der Waals surface area contributed by atoms with E-state index in [1.54, 1.807) is 0 Å². The maximum Gasteiger partial charge on any atom is 0.277 e. The Hall–Kier alpha value is -2.47. The number of hydrogen-bond acceptors (Lipinski definition) is 4. The van der Waals surface area contributed by atoms with Crippen molar-refractivity contribution in [2.75, 3.05) is 38.1 Å². The van der Waals surface area contributed by atoms with Crippen LogP contribution in [0.1, 0.15) is 22.3 Å². The van der Waals surface area contributed by atoms with Crippen molar-refractivity contribution in [3.8, 4) is 0 Å². The lowest BCUT2D eigenvalue weighted by Gasteiger charge is -2.32. The van der Waals surface area contributed by atoms with Crippen molar-refractivity contribution in [1.82, 2.24) is 9.80 Å². The number of carbonyl (C=O) groups excluding carboxylic acids is 2. The van der Waals surface area contributed by atoms with Crippen molar-refractivity contribution >= 4 is 34.7 Å². The van der Waals surface area contributed by atoms with Gasteiger partial charge in [-0.15, -0.1) is 0 Å². The topological polar surface area (TPSA) is 43.9 Å². The summed E-state index contributed by atoms with van der Waals surface area (Å²) in [7, 11) is 2.14. The lowest BCUT2D eigenvalue weighted by Crippen LogP contribution is -2.43. The monoisotopic (exact) mass is 423 g/mol. The molecule has 0 N–H and O–H groups in total. The summed E-state index contributed by atoms with van der Waals surface area (Å²) in [5.41, 5.74) is 4.83. The van der Waals surface area contributed by atoms with E-state index >= 15 is 0 Å². The Morgan fingerprint density at radius 1 is 0.867 bits per heavy atom. The molecule has 0 bridgehead atoms. The van der Waals surface area contributed by atoms with Crippen LogP contribution in [0.5, 0.6) is 0 Å². The van der Waals surface area contributed by atoms with Crippen LogP contribution in [0.15, 0.2) is 47.5 Å². The standard InChI is InChI=1S/C24H26ClN3O2/c1-16-4-7-19(14-17(16)2)21-22(25)24(30)28(23(21)29)20-8-5-18(6-9-20)15-27-12-10-26(3)11-13-27/h4-9,14H,10-13,15H2,1-3H3. The summed E-state index contributed by atoms with van der Waals surface area (Å²) in [6.45, 7) is 9.07. The number of anilines is 1. The van der Waals surface area contributed by atoms with E-state index in [4.69, 9.17) is 11.6 Å². The number of carbonyl (C=O) groups is 2. The summed E-state index contributed by atoms with van der Waals surface area (Å²) in [4.78, 5) is 31.8. The minimum Gasteiger partial charge on any atom is -0.304 e. The molecule has 0 aliphatic carbocycles. The minimum absolute atomic E-state index is 0.0234. The molecule has 0 saturated carbocycles. The first-order valence-electron chi connectivity index (χ1n) is 10.2. The van der Waals surface area contributed by atoms with Crippen molar-refractivity contribution < 1.29 is 9.59 Å². The number of rotatable bonds is 4. The molecule has 2 aromatic rings. The Balaban J connectivity index is 1.52. The fourth-order valence-electron chi connectivity index (χ4n) is 3.90.